The Morgan fingerprint density at radius 3 is 2.44 bits per heavy atom. The molecule has 2 aliphatic rings. The fraction of sp³-hybridized carbons (Fsp3) is 0.308. The summed E-state index contributed by atoms with van der Waals surface area (Å²) in [6, 6.07) is 13.7. The summed E-state index contributed by atoms with van der Waals surface area (Å²) >= 11 is 0. The lowest BCUT2D eigenvalue weighted by atomic mass is 9.96. The molecule has 0 N–H and O–H groups in total. The van der Waals surface area contributed by atoms with Crippen LogP contribution in [0.15, 0.2) is 60.0 Å². The molecule has 3 aromatic rings. The molecule has 0 bridgehead atoms. The van der Waals surface area contributed by atoms with Gasteiger partial charge in [-0.15, -0.1) is 0 Å². The standard InChI is InChI=1S/C26H27N3O5/c1-5-33-21-10-6-9-18-20-14-19(16-8-7-11-27-15-16)28-29(20)26(34-24(18)21)17-12-22(30-2)25(32-4)23(13-17)31-3/h6-13,15,20,26H,5,14H2,1-4H3/t20-,26+/m0/s1. The molecule has 3 heterocycles. The first-order chi connectivity index (χ1) is 16.7. The van der Waals surface area contributed by atoms with Crippen molar-refractivity contribution in [3.8, 4) is 28.7 Å². The van der Waals surface area contributed by atoms with E-state index in [1.54, 1.807) is 27.5 Å². The Morgan fingerprint density at radius 1 is 1.00 bits per heavy atom. The first-order valence-electron chi connectivity index (χ1n) is 11.2. The number of ether oxygens (including phenoxy) is 5. The van der Waals surface area contributed by atoms with Gasteiger partial charge < -0.3 is 23.7 Å². The molecule has 8 nitrogen and oxygen atoms in total. The number of para-hydroxylation sites is 1. The Bertz CT molecular complexity index is 1190. The molecule has 0 fully saturated rings. The van der Waals surface area contributed by atoms with Crippen LogP contribution in [0.4, 0.5) is 0 Å². The van der Waals surface area contributed by atoms with E-state index in [1.807, 2.05) is 54.5 Å². The van der Waals surface area contributed by atoms with Crippen molar-refractivity contribution in [2.45, 2.75) is 25.6 Å². The maximum Gasteiger partial charge on any atom is 0.214 e. The van der Waals surface area contributed by atoms with Crippen LogP contribution < -0.4 is 23.7 Å². The molecule has 8 heteroatoms. The number of rotatable bonds is 7. The third-order valence-electron chi connectivity index (χ3n) is 6.05. The number of hydrogen-bond acceptors (Lipinski definition) is 8. The maximum atomic E-state index is 6.60. The second kappa shape index (κ2) is 9.13. The number of fused-ring (bicyclic) bond motifs is 3. The Labute approximate surface area is 198 Å². The van der Waals surface area contributed by atoms with E-state index in [-0.39, 0.29) is 6.04 Å². The van der Waals surface area contributed by atoms with Gasteiger partial charge in [0, 0.05) is 35.5 Å². The van der Waals surface area contributed by atoms with Crippen molar-refractivity contribution in [2.75, 3.05) is 27.9 Å². The maximum absolute atomic E-state index is 6.60. The van der Waals surface area contributed by atoms with Crippen LogP contribution in [0.5, 0.6) is 28.7 Å². The van der Waals surface area contributed by atoms with Gasteiger partial charge in [0.2, 0.25) is 12.0 Å². The van der Waals surface area contributed by atoms with Crippen molar-refractivity contribution in [1.82, 2.24) is 9.99 Å². The molecule has 0 saturated heterocycles. The van der Waals surface area contributed by atoms with E-state index < -0.39 is 6.23 Å². The van der Waals surface area contributed by atoms with Crippen LogP contribution in [0, 0.1) is 0 Å². The van der Waals surface area contributed by atoms with E-state index in [9.17, 15) is 0 Å². The molecule has 5 rings (SSSR count). The summed E-state index contributed by atoms with van der Waals surface area (Å²) in [6.07, 6.45) is 3.79. The predicted molar refractivity (Wildman–Crippen MR) is 127 cm³/mol. The molecule has 0 aliphatic carbocycles. The number of nitrogens with zero attached hydrogens (tertiary/aromatic N) is 3. The molecular formula is C26H27N3O5. The van der Waals surface area contributed by atoms with Gasteiger partial charge in [-0.3, -0.25) is 4.98 Å². The number of hydrazone groups is 1. The van der Waals surface area contributed by atoms with Crippen molar-refractivity contribution in [3.63, 3.8) is 0 Å². The van der Waals surface area contributed by atoms with Gasteiger partial charge in [-0.25, -0.2) is 5.01 Å². The van der Waals surface area contributed by atoms with Gasteiger partial charge in [0.05, 0.1) is 39.7 Å². The lowest BCUT2D eigenvalue weighted by Crippen LogP contribution is -2.34. The molecule has 0 amide bonds. The van der Waals surface area contributed by atoms with Crippen molar-refractivity contribution in [3.05, 3.63) is 71.5 Å². The predicted octanol–water partition coefficient (Wildman–Crippen LogP) is 4.75. The Balaban J connectivity index is 1.65. The van der Waals surface area contributed by atoms with Gasteiger partial charge >= 0.3 is 0 Å². The van der Waals surface area contributed by atoms with Crippen molar-refractivity contribution < 1.29 is 23.7 Å². The lowest BCUT2D eigenvalue weighted by molar-refractivity contribution is -0.0214. The summed E-state index contributed by atoms with van der Waals surface area (Å²) in [5.74, 6) is 3.07. The van der Waals surface area contributed by atoms with Gasteiger partial charge in [-0.05, 0) is 31.2 Å². The zero-order valence-electron chi connectivity index (χ0n) is 19.6. The van der Waals surface area contributed by atoms with Crippen LogP contribution in [0.2, 0.25) is 0 Å². The van der Waals surface area contributed by atoms with Crippen LogP contribution >= 0.6 is 0 Å². The van der Waals surface area contributed by atoms with Gasteiger partial charge in [0.25, 0.3) is 0 Å². The molecule has 1 aromatic heterocycles. The smallest absolute Gasteiger partial charge is 0.214 e. The summed E-state index contributed by atoms with van der Waals surface area (Å²) in [5.41, 5.74) is 3.81. The van der Waals surface area contributed by atoms with Gasteiger partial charge in [-0.2, -0.15) is 5.10 Å². The van der Waals surface area contributed by atoms with Crippen LogP contribution in [0.1, 0.15) is 42.3 Å². The van der Waals surface area contributed by atoms with E-state index in [0.29, 0.717) is 29.6 Å². The van der Waals surface area contributed by atoms with Gasteiger partial charge in [0.1, 0.15) is 0 Å². The summed E-state index contributed by atoms with van der Waals surface area (Å²) < 4.78 is 29.2. The molecule has 0 radical (unpaired) electrons. The number of pyridine rings is 1. The molecule has 34 heavy (non-hydrogen) atoms. The third kappa shape index (κ3) is 3.65. The normalized spacial score (nSPS) is 18.4. The highest BCUT2D eigenvalue weighted by Crippen LogP contribution is 2.52. The molecule has 2 aliphatic heterocycles. The highest BCUT2D eigenvalue weighted by atomic mass is 16.5. The molecule has 2 aromatic carbocycles. The molecule has 2 atom stereocenters. The zero-order valence-corrected chi connectivity index (χ0v) is 19.6. The van der Waals surface area contributed by atoms with Crippen LogP contribution in [-0.2, 0) is 0 Å². The second-order valence-corrected chi connectivity index (χ2v) is 7.92. The highest BCUT2D eigenvalue weighted by molar-refractivity contribution is 6.01. The molecule has 0 saturated carbocycles. The minimum absolute atomic E-state index is 0.0246. The van der Waals surface area contributed by atoms with Gasteiger partial charge in [-0.1, -0.05) is 18.2 Å². The second-order valence-electron chi connectivity index (χ2n) is 7.92. The average molecular weight is 462 g/mol. The minimum atomic E-state index is -0.526. The summed E-state index contributed by atoms with van der Waals surface area (Å²) in [5, 5.41) is 7.00. The fourth-order valence-electron chi connectivity index (χ4n) is 4.52. The van der Waals surface area contributed by atoms with Crippen molar-refractivity contribution >= 4 is 5.71 Å². The zero-order chi connectivity index (χ0) is 23.7. The molecule has 0 spiro atoms. The quantitative estimate of drug-likeness (QED) is 0.503. The van der Waals surface area contributed by atoms with Crippen LogP contribution in [0.25, 0.3) is 0 Å². The van der Waals surface area contributed by atoms with Gasteiger partial charge in [0.15, 0.2) is 23.0 Å². The number of methoxy groups -OCH3 is 3. The monoisotopic (exact) mass is 461 g/mol. The first kappa shape index (κ1) is 21.9. The SMILES string of the molecule is CCOc1cccc2c1O[C@H](c1cc(OC)c(OC)c(OC)c1)N1N=C(c3cccnc3)C[C@@H]21. The Kier molecular flexibility index (Phi) is 5.88. The molecule has 176 valence electrons. The molecular weight excluding hydrogens is 434 g/mol. The first-order valence-corrected chi connectivity index (χ1v) is 11.2. The van der Waals surface area contributed by atoms with E-state index in [2.05, 4.69) is 11.1 Å². The largest absolute Gasteiger partial charge is 0.493 e. The highest BCUT2D eigenvalue weighted by Gasteiger charge is 2.42. The number of aromatic nitrogens is 1. The topological polar surface area (TPSA) is 74.6 Å². The Morgan fingerprint density at radius 2 is 1.79 bits per heavy atom. The van der Waals surface area contributed by atoms with Crippen LogP contribution in [0.3, 0.4) is 0 Å². The van der Waals surface area contributed by atoms with E-state index in [1.165, 1.54) is 0 Å². The van der Waals surface area contributed by atoms with Crippen molar-refractivity contribution in [2.24, 2.45) is 5.10 Å². The average Bonchev–Trinajstić information content (AvgIpc) is 3.34. The summed E-state index contributed by atoms with van der Waals surface area (Å²) in [6.45, 7) is 2.50. The van der Waals surface area contributed by atoms with Crippen LogP contribution in [-0.4, -0.2) is 43.6 Å². The Hall–Kier alpha value is -3.94. The summed E-state index contributed by atoms with van der Waals surface area (Å²) in [4.78, 5) is 4.27. The lowest BCUT2D eigenvalue weighted by Gasteiger charge is -2.39. The third-order valence-corrected chi connectivity index (χ3v) is 6.05. The minimum Gasteiger partial charge on any atom is -0.493 e. The number of hydrogen-bond donors (Lipinski definition) is 0. The van der Waals surface area contributed by atoms with E-state index >= 15 is 0 Å². The molecule has 0 unspecified atom stereocenters. The van der Waals surface area contributed by atoms with Crippen molar-refractivity contribution in [1.29, 1.82) is 0 Å². The number of benzene rings is 2. The van der Waals surface area contributed by atoms with E-state index in [0.717, 1.165) is 34.6 Å². The summed E-state index contributed by atoms with van der Waals surface area (Å²) in [7, 11) is 4.79. The fourth-order valence-corrected chi connectivity index (χ4v) is 4.52. The van der Waals surface area contributed by atoms with E-state index in [4.69, 9.17) is 28.8 Å².